The molecule has 0 aliphatic rings. The molecular formula is C13H16N4OS. The molecule has 0 saturated carbocycles. The molecular weight excluding hydrogens is 260 g/mol. The van der Waals surface area contributed by atoms with Crippen LogP contribution < -0.4 is 10.6 Å². The van der Waals surface area contributed by atoms with Gasteiger partial charge in [0.05, 0.1) is 11.4 Å². The van der Waals surface area contributed by atoms with E-state index >= 15 is 0 Å². The average molecular weight is 276 g/mol. The van der Waals surface area contributed by atoms with Crippen molar-refractivity contribution in [1.82, 2.24) is 20.6 Å². The highest BCUT2D eigenvalue weighted by atomic mass is 32.1. The molecule has 0 aromatic carbocycles. The number of aromatic nitrogens is 2. The Morgan fingerprint density at radius 3 is 3.05 bits per heavy atom. The molecule has 0 radical (unpaired) electrons. The fraction of sp³-hybridized carbons (Fsp3) is 0.308. The van der Waals surface area contributed by atoms with Crippen LogP contribution in [0.3, 0.4) is 0 Å². The second-order valence-corrected chi connectivity index (χ2v) is 4.82. The summed E-state index contributed by atoms with van der Waals surface area (Å²) in [4.78, 5) is 19.8. The summed E-state index contributed by atoms with van der Waals surface area (Å²) >= 11 is 1.58. The molecule has 0 atom stereocenters. The number of hydrogen-bond donors (Lipinski definition) is 2. The highest BCUT2D eigenvalue weighted by Crippen LogP contribution is 2.20. The highest BCUT2D eigenvalue weighted by molar-refractivity contribution is 7.13. The van der Waals surface area contributed by atoms with E-state index in [9.17, 15) is 4.79 Å². The van der Waals surface area contributed by atoms with Crippen molar-refractivity contribution in [3.63, 3.8) is 0 Å². The maximum atomic E-state index is 11.0. The van der Waals surface area contributed by atoms with Gasteiger partial charge in [0, 0.05) is 38.1 Å². The number of nitrogens with one attached hydrogen (secondary N) is 2. The Morgan fingerprint density at radius 1 is 1.42 bits per heavy atom. The minimum absolute atomic E-state index is 0.0416. The fourth-order valence-electron chi connectivity index (χ4n) is 1.54. The van der Waals surface area contributed by atoms with Crippen LogP contribution in [-0.4, -0.2) is 29.5 Å². The van der Waals surface area contributed by atoms with Gasteiger partial charge in [-0.1, -0.05) is 6.07 Å². The van der Waals surface area contributed by atoms with Crippen molar-refractivity contribution in [3.8, 4) is 10.7 Å². The van der Waals surface area contributed by atoms with E-state index < -0.39 is 0 Å². The summed E-state index contributed by atoms with van der Waals surface area (Å²) in [7, 11) is 1.64. The van der Waals surface area contributed by atoms with Gasteiger partial charge in [-0.2, -0.15) is 0 Å². The number of rotatable bonds is 6. The van der Waals surface area contributed by atoms with Gasteiger partial charge in [-0.25, -0.2) is 4.98 Å². The summed E-state index contributed by atoms with van der Waals surface area (Å²) in [5.41, 5.74) is 1.87. The third-order valence-corrected chi connectivity index (χ3v) is 3.46. The number of carbonyl (C=O) groups excluding carboxylic acids is 1. The molecule has 5 nitrogen and oxygen atoms in total. The second kappa shape index (κ2) is 6.96. The Balaban J connectivity index is 1.83. The van der Waals surface area contributed by atoms with Gasteiger partial charge >= 0.3 is 0 Å². The van der Waals surface area contributed by atoms with Crippen molar-refractivity contribution in [2.24, 2.45) is 0 Å². The molecule has 100 valence electrons. The summed E-state index contributed by atoms with van der Waals surface area (Å²) in [6.45, 7) is 1.32. The first-order chi connectivity index (χ1) is 9.29. The van der Waals surface area contributed by atoms with Crippen LogP contribution in [0.4, 0.5) is 0 Å². The highest BCUT2D eigenvalue weighted by Gasteiger charge is 2.05. The third kappa shape index (κ3) is 4.11. The van der Waals surface area contributed by atoms with Crippen LogP contribution in [0, 0.1) is 0 Å². The predicted molar refractivity (Wildman–Crippen MR) is 75.7 cm³/mol. The van der Waals surface area contributed by atoms with Gasteiger partial charge in [0.1, 0.15) is 5.01 Å². The number of carbonyl (C=O) groups is 1. The topological polar surface area (TPSA) is 66.9 Å². The summed E-state index contributed by atoms with van der Waals surface area (Å²) in [5, 5.41) is 8.71. The average Bonchev–Trinajstić information content (AvgIpc) is 2.93. The first-order valence-electron chi connectivity index (χ1n) is 6.06. The molecule has 2 N–H and O–H groups in total. The lowest BCUT2D eigenvalue weighted by atomic mass is 10.3. The number of amides is 1. The van der Waals surface area contributed by atoms with Gasteiger partial charge in [0.15, 0.2) is 0 Å². The van der Waals surface area contributed by atoms with Gasteiger partial charge < -0.3 is 10.6 Å². The number of pyridine rings is 1. The van der Waals surface area contributed by atoms with Crippen molar-refractivity contribution in [3.05, 3.63) is 35.5 Å². The summed E-state index contributed by atoms with van der Waals surface area (Å²) in [6.07, 6.45) is 2.24. The van der Waals surface area contributed by atoms with Crippen LogP contribution in [0.2, 0.25) is 0 Å². The summed E-state index contributed by atoms with van der Waals surface area (Å²) in [6, 6.07) is 5.78. The molecule has 0 spiro atoms. The SMILES string of the molecule is CNC(=O)CCNCc1csc(-c2ccccn2)n1. The van der Waals surface area contributed by atoms with Gasteiger partial charge in [-0.05, 0) is 12.1 Å². The Morgan fingerprint density at radius 2 is 2.32 bits per heavy atom. The Bertz CT molecular complexity index is 526. The number of thiazole rings is 1. The Kier molecular flexibility index (Phi) is 5.00. The van der Waals surface area contributed by atoms with Crippen molar-refractivity contribution >= 4 is 17.2 Å². The Labute approximate surface area is 116 Å². The van der Waals surface area contributed by atoms with Crippen LogP contribution in [0.25, 0.3) is 10.7 Å². The van der Waals surface area contributed by atoms with Crippen LogP contribution in [0.1, 0.15) is 12.1 Å². The first kappa shape index (κ1) is 13.6. The van der Waals surface area contributed by atoms with Crippen molar-refractivity contribution in [2.45, 2.75) is 13.0 Å². The molecule has 0 fully saturated rings. The molecule has 19 heavy (non-hydrogen) atoms. The van der Waals surface area contributed by atoms with Gasteiger partial charge in [-0.3, -0.25) is 9.78 Å². The molecule has 0 unspecified atom stereocenters. The van der Waals surface area contributed by atoms with Gasteiger partial charge in [0.2, 0.25) is 5.91 Å². The van der Waals surface area contributed by atoms with Gasteiger partial charge in [0.25, 0.3) is 0 Å². The largest absolute Gasteiger partial charge is 0.359 e. The van der Waals surface area contributed by atoms with Crippen LogP contribution in [-0.2, 0) is 11.3 Å². The standard InChI is InChI=1S/C13H16N4OS/c1-14-12(18)5-7-15-8-10-9-19-13(17-10)11-4-2-3-6-16-11/h2-4,6,9,15H,5,7-8H2,1H3,(H,14,18). The smallest absolute Gasteiger partial charge is 0.221 e. The van der Waals surface area contributed by atoms with Crippen molar-refractivity contribution < 1.29 is 4.79 Å². The molecule has 2 aromatic rings. The van der Waals surface area contributed by atoms with Crippen LogP contribution in [0.15, 0.2) is 29.8 Å². The Hall–Kier alpha value is -1.79. The normalized spacial score (nSPS) is 10.4. The molecule has 0 bridgehead atoms. The van der Waals surface area contributed by atoms with E-state index in [1.165, 1.54) is 0 Å². The second-order valence-electron chi connectivity index (χ2n) is 3.96. The fourth-order valence-corrected chi connectivity index (χ4v) is 2.33. The van der Waals surface area contributed by atoms with E-state index in [0.717, 1.165) is 16.4 Å². The van der Waals surface area contributed by atoms with Crippen LogP contribution in [0.5, 0.6) is 0 Å². The van der Waals surface area contributed by atoms with E-state index in [-0.39, 0.29) is 5.91 Å². The molecule has 6 heteroatoms. The lowest BCUT2D eigenvalue weighted by molar-refractivity contribution is -0.120. The van der Waals surface area contributed by atoms with Crippen LogP contribution >= 0.6 is 11.3 Å². The maximum Gasteiger partial charge on any atom is 0.221 e. The molecule has 2 heterocycles. The molecule has 2 rings (SSSR count). The van der Waals surface area contributed by atoms with Crippen molar-refractivity contribution in [2.75, 3.05) is 13.6 Å². The monoisotopic (exact) mass is 276 g/mol. The van der Waals surface area contributed by atoms with E-state index in [1.807, 2.05) is 23.6 Å². The minimum Gasteiger partial charge on any atom is -0.359 e. The van der Waals surface area contributed by atoms with Crippen molar-refractivity contribution in [1.29, 1.82) is 0 Å². The van der Waals surface area contributed by atoms with E-state index in [2.05, 4.69) is 20.6 Å². The summed E-state index contributed by atoms with van der Waals surface area (Å²) in [5.74, 6) is 0.0416. The molecule has 0 aliphatic carbocycles. The molecule has 0 aliphatic heterocycles. The van der Waals surface area contributed by atoms with E-state index in [1.54, 1.807) is 24.6 Å². The number of nitrogens with zero attached hydrogens (tertiary/aromatic N) is 2. The predicted octanol–water partition coefficient (Wildman–Crippen LogP) is 1.43. The van der Waals surface area contributed by atoms with E-state index in [0.29, 0.717) is 19.5 Å². The zero-order valence-corrected chi connectivity index (χ0v) is 11.5. The summed E-state index contributed by atoms with van der Waals surface area (Å²) < 4.78 is 0. The zero-order valence-electron chi connectivity index (χ0n) is 10.7. The molecule has 0 saturated heterocycles. The van der Waals surface area contributed by atoms with Gasteiger partial charge in [-0.15, -0.1) is 11.3 Å². The zero-order chi connectivity index (χ0) is 13.5. The maximum absolute atomic E-state index is 11.0. The van der Waals surface area contributed by atoms with E-state index in [4.69, 9.17) is 0 Å². The first-order valence-corrected chi connectivity index (χ1v) is 6.94. The lowest BCUT2D eigenvalue weighted by Gasteiger charge is -2.01. The minimum atomic E-state index is 0.0416. The molecule has 1 amide bonds. The lowest BCUT2D eigenvalue weighted by Crippen LogP contribution is -2.24. The quantitative estimate of drug-likeness (QED) is 0.783. The third-order valence-electron chi connectivity index (χ3n) is 2.55. The number of hydrogen-bond acceptors (Lipinski definition) is 5. The molecule has 2 aromatic heterocycles.